The van der Waals surface area contributed by atoms with Crippen molar-refractivity contribution < 1.29 is 32.2 Å². The van der Waals surface area contributed by atoms with E-state index in [1.807, 2.05) is 0 Å². The minimum Gasteiger partial charge on any atom is -0.497 e. The van der Waals surface area contributed by atoms with E-state index in [4.69, 9.17) is 14.2 Å². The van der Waals surface area contributed by atoms with Gasteiger partial charge < -0.3 is 14.2 Å². The Morgan fingerprint density at radius 2 is 1.57 bits per heavy atom. The molecule has 0 saturated carbocycles. The fourth-order valence-corrected chi connectivity index (χ4v) is 4.17. The Hall–Kier alpha value is -3.11. The summed E-state index contributed by atoms with van der Waals surface area (Å²) in [6.07, 6.45) is 0.210. The van der Waals surface area contributed by atoms with Gasteiger partial charge in [0.05, 0.1) is 19.9 Å². The van der Waals surface area contributed by atoms with E-state index in [9.17, 15) is 18.0 Å². The van der Waals surface area contributed by atoms with E-state index >= 15 is 0 Å². The van der Waals surface area contributed by atoms with Crippen LogP contribution in [0.25, 0.3) is 0 Å². The lowest BCUT2D eigenvalue weighted by atomic mass is 10.2. The molecule has 0 aromatic heterocycles. The van der Waals surface area contributed by atoms with Crippen LogP contribution in [-0.4, -0.2) is 47.6 Å². The van der Waals surface area contributed by atoms with Gasteiger partial charge in [0.25, 0.3) is 0 Å². The fraction of sp³-hybridized carbons (Fsp3) is 0.300. The second kappa shape index (κ2) is 9.14. The number of anilines is 1. The van der Waals surface area contributed by atoms with Gasteiger partial charge in [0.2, 0.25) is 21.8 Å². The highest BCUT2D eigenvalue weighted by Gasteiger charge is 2.32. The standard InChI is InChI=1S/C20H22N2O7S/c1-27-15-4-6-16(7-5-15)29-12-11-21-30(25,26)18-13-14(3-8-17(18)28-2)22-19(23)9-10-20(22)24/h3-8,13,21H,9-12H2,1-2H3. The van der Waals surface area contributed by atoms with Gasteiger partial charge in [-0.1, -0.05) is 0 Å². The summed E-state index contributed by atoms with van der Waals surface area (Å²) < 4.78 is 43.7. The summed E-state index contributed by atoms with van der Waals surface area (Å²) in [5.74, 6) is 0.621. The van der Waals surface area contributed by atoms with E-state index in [1.165, 1.54) is 25.3 Å². The first-order valence-electron chi connectivity index (χ1n) is 9.16. The Morgan fingerprint density at radius 1 is 0.933 bits per heavy atom. The third-order valence-electron chi connectivity index (χ3n) is 4.47. The number of methoxy groups -OCH3 is 2. The average Bonchev–Trinajstić information content (AvgIpc) is 3.09. The zero-order valence-corrected chi connectivity index (χ0v) is 17.4. The molecule has 1 heterocycles. The number of rotatable bonds is 9. The molecule has 9 nitrogen and oxygen atoms in total. The van der Waals surface area contributed by atoms with E-state index in [2.05, 4.69) is 4.72 Å². The zero-order chi connectivity index (χ0) is 21.7. The van der Waals surface area contributed by atoms with Crippen LogP contribution in [0.1, 0.15) is 12.8 Å². The summed E-state index contributed by atoms with van der Waals surface area (Å²) in [7, 11) is -1.08. The molecule has 1 N–H and O–H groups in total. The van der Waals surface area contributed by atoms with Gasteiger partial charge in [0, 0.05) is 19.4 Å². The van der Waals surface area contributed by atoms with Crippen molar-refractivity contribution in [2.24, 2.45) is 0 Å². The number of hydrogen-bond acceptors (Lipinski definition) is 7. The maximum Gasteiger partial charge on any atom is 0.244 e. The molecule has 0 spiro atoms. The van der Waals surface area contributed by atoms with Crippen LogP contribution in [0.2, 0.25) is 0 Å². The van der Waals surface area contributed by atoms with Gasteiger partial charge in [-0.15, -0.1) is 0 Å². The minimum absolute atomic E-state index is 0.00329. The molecule has 0 aliphatic carbocycles. The van der Waals surface area contributed by atoms with E-state index in [0.29, 0.717) is 11.5 Å². The van der Waals surface area contributed by atoms with Crippen LogP contribution < -0.4 is 23.8 Å². The van der Waals surface area contributed by atoms with Crippen molar-refractivity contribution >= 4 is 27.5 Å². The molecule has 2 aromatic rings. The van der Waals surface area contributed by atoms with Gasteiger partial charge in [-0.2, -0.15) is 0 Å². The molecule has 0 radical (unpaired) electrons. The van der Waals surface area contributed by atoms with Crippen molar-refractivity contribution in [3.8, 4) is 17.2 Å². The van der Waals surface area contributed by atoms with Crippen LogP contribution in [0, 0.1) is 0 Å². The molecule has 160 valence electrons. The van der Waals surface area contributed by atoms with E-state index in [-0.39, 0.29) is 54.1 Å². The molecule has 1 fully saturated rings. The van der Waals surface area contributed by atoms with Crippen molar-refractivity contribution in [1.82, 2.24) is 4.72 Å². The lowest BCUT2D eigenvalue weighted by Crippen LogP contribution is -2.30. The molecular weight excluding hydrogens is 412 g/mol. The number of sulfonamides is 1. The zero-order valence-electron chi connectivity index (χ0n) is 16.6. The summed E-state index contributed by atoms with van der Waals surface area (Å²) in [5.41, 5.74) is 0.193. The number of carbonyl (C=O) groups excluding carboxylic acids is 2. The number of ether oxygens (including phenoxy) is 3. The molecule has 30 heavy (non-hydrogen) atoms. The van der Waals surface area contributed by atoms with Gasteiger partial charge in [-0.3, -0.25) is 14.5 Å². The maximum atomic E-state index is 12.8. The van der Waals surface area contributed by atoms with Crippen LogP contribution in [0.3, 0.4) is 0 Å². The Morgan fingerprint density at radius 3 is 2.17 bits per heavy atom. The van der Waals surface area contributed by atoms with Crippen molar-refractivity contribution in [3.05, 3.63) is 42.5 Å². The number of carbonyl (C=O) groups is 2. The average molecular weight is 434 g/mol. The van der Waals surface area contributed by atoms with Gasteiger partial charge in [-0.25, -0.2) is 13.1 Å². The normalized spacial score (nSPS) is 14.1. The Kier molecular flexibility index (Phi) is 6.58. The summed E-state index contributed by atoms with van der Waals surface area (Å²) in [5, 5.41) is 0. The lowest BCUT2D eigenvalue weighted by molar-refractivity contribution is -0.121. The number of nitrogens with zero attached hydrogens (tertiary/aromatic N) is 1. The van der Waals surface area contributed by atoms with Crippen LogP contribution >= 0.6 is 0 Å². The summed E-state index contributed by atoms with van der Waals surface area (Å²) in [4.78, 5) is 24.8. The van der Waals surface area contributed by atoms with Gasteiger partial charge in [-0.05, 0) is 42.5 Å². The highest BCUT2D eigenvalue weighted by molar-refractivity contribution is 7.89. The van der Waals surface area contributed by atoms with Crippen molar-refractivity contribution in [1.29, 1.82) is 0 Å². The first-order valence-corrected chi connectivity index (χ1v) is 10.6. The molecule has 1 aliphatic rings. The number of hydrogen-bond donors (Lipinski definition) is 1. The van der Waals surface area contributed by atoms with E-state index < -0.39 is 10.0 Å². The Bertz CT molecular complexity index is 1020. The predicted molar refractivity (Wildman–Crippen MR) is 108 cm³/mol. The molecule has 0 atom stereocenters. The van der Waals surface area contributed by atoms with Crippen molar-refractivity contribution in [2.75, 3.05) is 32.3 Å². The number of amides is 2. The highest BCUT2D eigenvalue weighted by Crippen LogP contribution is 2.31. The maximum absolute atomic E-state index is 12.8. The highest BCUT2D eigenvalue weighted by atomic mass is 32.2. The van der Waals surface area contributed by atoms with Gasteiger partial charge in [0.1, 0.15) is 28.8 Å². The van der Waals surface area contributed by atoms with Crippen LogP contribution in [0.4, 0.5) is 5.69 Å². The molecule has 3 rings (SSSR count). The van der Waals surface area contributed by atoms with Crippen molar-refractivity contribution in [3.63, 3.8) is 0 Å². The second-order valence-electron chi connectivity index (χ2n) is 6.38. The molecule has 1 aliphatic heterocycles. The van der Waals surface area contributed by atoms with Crippen LogP contribution in [0.15, 0.2) is 47.4 Å². The first kappa shape index (κ1) is 21.6. The summed E-state index contributed by atoms with van der Waals surface area (Å²) >= 11 is 0. The molecule has 1 saturated heterocycles. The van der Waals surface area contributed by atoms with Crippen LogP contribution in [0.5, 0.6) is 17.2 Å². The largest absolute Gasteiger partial charge is 0.497 e. The number of imide groups is 1. The third kappa shape index (κ3) is 4.71. The molecule has 10 heteroatoms. The second-order valence-corrected chi connectivity index (χ2v) is 8.12. The Labute approximate surface area is 174 Å². The number of nitrogens with one attached hydrogen (secondary N) is 1. The summed E-state index contributed by atoms with van der Waals surface area (Å²) in [6, 6.07) is 11.0. The topological polar surface area (TPSA) is 111 Å². The van der Waals surface area contributed by atoms with Gasteiger partial charge in [0.15, 0.2) is 0 Å². The van der Waals surface area contributed by atoms with Crippen molar-refractivity contribution in [2.45, 2.75) is 17.7 Å². The van der Waals surface area contributed by atoms with E-state index in [0.717, 1.165) is 4.90 Å². The van der Waals surface area contributed by atoms with Gasteiger partial charge >= 0.3 is 0 Å². The lowest BCUT2D eigenvalue weighted by Gasteiger charge is -2.17. The van der Waals surface area contributed by atoms with E-state index in [1.54, 1.807) is 31.4 Å². The molecule has 0 unspecified atom stereocenters. The minimum atomic E-state index is -3.98. The molecule has 2 amide bonds. The third-order valence-corrected chi connectivity index (χ3v) is 5.95. The Balaban J connectivity index is 1.70. The molecule has 2 aromatic carbocycles. The monoisotopic (exact) mass is 434 g/mol. The SMILES string of the molecule is COc1ccc(OCCNS(=O)(=O)c2cc(N3C(=O)CCC3=O)ccc2OC)cc1. The molecule has 0 bridgehead atoms. The predicted octanol–water partition coefficient (Wildman–Crippen LogP) is 1.71. The summed E-state index contributed by atoms with van der Waals surface area (Å²) in [6.45, 7) is 0.0972. The first-order chi connectivity index (χ1) is 14.4. The van der Waals surface area contributed by atoms with Crippen LogP contribution in [-0.2, 0) is 19.6 Å². The quantitative estimate of drug-likeness (QED) is 0.472. The molecular formula is C20H22N2O7S. The fourth-order valence-electron chi connectivity index (χ4n) is 2.97. The smallest absolute Gasteiger partial charge is 0.244 e. The number of benzene rings is 2.